The molecule has 1 atom stereocenters. The molecule has 122 valence electrons. The molecular weight excluding hydrogens is 287 g/mol. The highest BCUT2D eigenvalue weighted by Gasteiger charge is 2.28. The van der Waals surface area contributed by atoms with Gasteiger partial charge in [0.1, 0.15) is 23.3 Å². The average Bonchev–Trinajstić information content (AvgIpc) is 2.41. The summed E-state index contributed by atoms with van der Waals surface area (Å²) >= 11 is 0. The van der Waals surface area contributed by atoms with Crippen LogP contribution in [0, 0.1) is 5.82 Å². The molecule has 22 heavy (non-hydrogen) atoms. The van der Waals surface area contributed by atoms with Gasteiger partial charge in [-0.15, -0.1) is 0 Å². The number of nitrogen functional groups attached to an aromatic ring is 1. The van der Waals surface area contributed by atoms with Crippen molar-refractivity contribution in [3.8, 4) is 5.75 Å². The van der Waals surface area contributed by atoms with Crippen molar-refractivity contribution in [1.82, 2.24) is 4.90 Å². The minimum atomic E-state index is -0.530. The van der Waals surface area contributed by atoms with E-state index in [1.165, 1.54) is 18.2 Å². The normalized spacial score (nSPS) is 18.9. The van der Waals surface area contributed by atoms with Gasteiger partial charge in [-0.1, -0.05) is 0 Å². The number of halogens is 1. The zero-order valence-corrected chi connectivity index (χ0v) is 13.3. The van der Waals surface area contributed by atoms with Crippen LogP contribution < -0.4 is 10.5 Å². The Morgan fingerprint density at radius 1 is 1.41 bits per heavy atom. The molecule has 1 saturated heterocycles. The van der Waals surface area contributed by atoms with Gasteiger partial charge in [0.05, 0.1) is 12.2 Å². The molecule has 1 aromatic rings. The highest BCUT2D eigenvalue weighted by Crippen LogP contribution is 2.26. The maximum absolute atomic E-state index is 13.3. The van der Waals surface area contributed by atoms with Crippen molar-refractivity contribution in [2.45, 2.75) is 45.3 Å². The van der Waals surface area contributed by atoms with Crippen molar-refractivity contribution < 1.29 is 18.7 Å². The number of ether oxygens (including phenoxy) is 2. The Labute approximate surface area is 130 Å². The van der Waals surface area contributed by atoms with Crippen molar-refractivity contribution in [3.63, 3.8) is 0 Å². The summed E-state index contributed by atoms with van der Waals surface area (Å²) in [4.78, 5) is 13.7. The molecule has 0 aromatic heterocycles. The second kappa shape index (κ2) is 6.42. The predicted molar refractivity (Wildman–Crippen MR) is 82.3 cm³/mol. The Bertz CT molecular complexity index is 543. The number of hydrogen-bond donors (Lipinski definition) is 1. The van der Waals surface area contributed by atoms with Crippen LogP contribution in [0.5, 0.6) is 5.75 Å². The first-order valence-electron chi connectivity index (χ1n) is 7.44. The van der Waals surface area contributed by atoms with E-state index >= 15 is 0 Å². The van der Waals surface area contributed by atoms with Gasteiger partial charge in [0.25, 0.3) is 0 Å². The van der Waals surface area contributed by atoms with Crippen LogP contribution in [0.3, 0.4) is 0 Å². The van der Waals surface area contributed by atoms with E-state index in [1.54, 1.807) is 4.90 Å². The van der Waals surface area contributed by atoms with Gasteiger partial charge in [-0.25, -0.2) is 9.18 Å². The number of carbonyl (C=O) groups excluding carboxylic acids is 1. The van der Waals surface area contributed by atoms with E-state index in [4.69, 9.17) is 15.2 Å². The summed E-state index contributed by atoms with van der Waals surface area (Å²) in [7, 11) is 0. The quantitative estimate of drug-likeness (QED) is 0.852. The standard InChI is InChI=1S/C16H23FN2O3/c1-16(2,3)22-15(20)19-8-4-5-12(10-19)21-14-9-11(17)6-7-13(14)18/h6-7,9,12H,4-5,8,10,18H2,1-3H3. The molecule has 0 spiro atoms. The minimum absolute atomic E-state index is 0.217. The van der Waals surface area contributed by atoms with Crippen LogP contribution in [-0.4, -0.2) is 35.8 Å². The molecule has 6 heteroatoms. The first-order chi connectivity index (χ1) is 10.2. The smallest absolute Gasteiger partial charge is 0.410 e. The summed E-state index contributed by atoms with van der Waals surface area (Å²) in [6.07, 6.45) is 1.02. The molecule has 0 bridgehead atoms. The van der Waals surface area contributed by atoms with Crippen molar-refractivity contribution in [1.29, 1.82) is 0 Å². The summed E-state index contributed by atoms with van der Waals surface area (Å²) in [6.45, 7) is 6.53. The highest BCUT2D eigenvalue weighted by molar-refractivity contribution is 5.68. The molecule has 1 aliphatic rings. The molecule has 0 aliphatic carbocycles. The number of likely N-dealkylation sites (tertiary alicyclic amines) is 1. The van der Waals surface area contributed by atoms with Gasteiger partial charge >= 0.3 is 6.09 Å². The van der Waals surface area contributed by atoms with Crippen LogP contribution >= 0.6 is 0 Å². The van der Waals surface area contributed by atoms with Gasteiger partial charge in [0.15, 0.2) is 0 Å². The molecular formula is C16H23FN2O3. The maximum Gasteiger partial charge on any atom is 0.410 e. The van der Waals surface area contributed by atoms with Gasteiger partial charge in [-0.2, -0.15) is 0 Å². The number of amides is 1. The maximum atomic E-state index is 13.3. The van der Waals surface area contributed by atoms with Crippen LogP contribution in [-0.2, 0) is 4.74 Å². The molecule has 1 heterocycles. The van der Waals surface area contributed by atoms with Crippen LogP contribution in [0.15, 0.2) is 18.2 Å². The van der Waals surface area contributed by atoms with Crippen LogP contribution in [0.2, 0.25) is 0 Å². The van der Waals surface area contributed by atoms with E-state index < -0.39 is 11.4 Å². The molecule has 2 N–H and O–H groups in total. The highest BCUT2D eigenvalue weighted by atomic mass is 19.1. The third-order valence-electron chi connectivity index (χ3n) is 3.30. The molecule has 1 fully saturated rings. The number of hydrogen-bond acceptors (Lipinski definition) is 4. The number of piperidine rings is 1. The van der Waals surface area contributed by atoms with Crippen LogP contribution in [0.25, 0.3) is 0 Å². The van der Waals surface area contributed by atoms with E-state index in [-0.39, 0.29) is 12.2 Å². The first-order valence-corrected chi connectivity index (χ1v) is 7.44. The third-order valence-corrected chi connectivity index (χ3v) is 3.30. The van der Waals surface area contributed by atoms with E-state index in [2.05, 4.69) is 0 Å². The molecule has 0 saturated carbocycles. The zero-order valence-electron chi connectivity index (χ0n) is 13.3. The lowest BCUT2D eigenvalue weighted by atomic mass is 10.1. The van der Waals surface area contributed by atoms with Crippen molar-refractivity contribution in [2.24, 2.45) is 0 Å². The van der Waals surface area contributed by atoms with E-state index in [9.17, 15) is 9.18 Å². The minimum Gasteiger partial charge on any atom is -0.486 e. The lowest BCUT2D eigenvalue weighted by Gasteiger charge is -2.34. The number of nitrogens with zero attached hydrogens (tertiary/aromatic N) is 1. The van der Waals surface area contributed by atoms with E-state index in [0.717, 1.165) is 12.8 Å². The third kappa shape index (κ3) is 4.51. The monoisotopic (exact) mass is 310 g/mol. The fourth-order valence-electron chi connectivity index (χ4n) is 2.32. The Kier molecular flexibility index (Phi) is 4.78. The molecule has 1 aromatic carbocycles. The second-order valence-electron chi connectivity index (χ2n) is 6.49. The predicted octanol–water partition coefficient (Wildman–Crippen LogP) is 3.19. The van der Waals surface area contributed by atoms with Gasteiger partial charge in [0.2, 0.25) is 0 Å². The summed E-state index contributed by atoms with van der Waals surface area (Å²) in [5, 5.41) is 0. The summed E-state index contributed by atoms with van der Waals surface area (Å²) < 4.78 is 24.4. The Morgan fingerprint density at radius 2 is 2.14 bits per heavy atom. The summed E-state index contributed by atoms with van der Waals surface area (Å²) in [5.74, 6) is -0.0833. The van der Waals surface area contributed by atoms with E-state index in [0.29, 0.717) is 24.5 Å². The number of anilines is 1. The van der Waals surface area contributed by atoms with Gasteiger partial charge in [-0.05, 0) is 45.7 Å². The largest absolute Gasteiger partial charge is 0.486 e. The molecule has 1 unspecified atom stereocenters. The Morgan fingerprint density at radius 3 is 2.82 bits per heavy atom. The van der Waals surface area contributed by atoms with Gasteiger partial charge < -0.3 is 20.1 Å². The van der Waals surface area contributed by atoms with Crippen LogP contribution in [0.1, 0.15) is 33.6 Å². The molecule has 2 rings (SSSR count). The summed E-state index contributed by atoms with van der Waals surface area (Å²) in [5.41, 5.74) is 5.64. The lowest BCUT2D eigenvalue weighted by molar-refractivity contribution is 0.00782. The number of nitrogens with two attached hydrogens (primary N) is 1. The fourth-order valence-corrected chi connectivity index (χ4v) is 2.32. The fraction of sp³-hybridized carbons (Fsp3) is 0.562. The summed E-state index contributed by atoms with van der Waals surface area (Å²) in [6, 6.07) is 4.02. The molecule has 1 amide bonds. The van der Waals surface area contributed by atoms with Crippen molar-refractivity contribution in [2.75, 3.05) is 18.8 Å². The van der Waals surface area contributed by atoms with Crippen LogP contribution in [0.4, 0.5) is 14.9 Å². The molecule has 5 nitrogen and oxygen atoms in total. The van der Waals surface area contributed by atoms with Crippen molar-refractivity contribution >= 4 is 11.8 Å². The van der Waals surface area contributed by atoms with Gasteiger partial charge in [-0.3, -0.25) is 0 Å². The van der Waals surface area contributed by atoms with Gasteiger partial charge in [0, 0.05) is 12.6 Å². The second-order valence-corrected chi connectivity index (χ2v) is 6.49. The first kappa shape index (κ1) is 16.4. The SMILES string of the molecule is CC(C)(C)OC(=O)N1CCCC(Oc2cc(F)ccc2N)C1. The lowest BCUT2D eigenvalue weighted by Crippen LogP contribution is -2.46. The Balaban J connectivity index is 1.98. The van der Waals surface area contributed by atoms with Crippen molar-refractivity contribution in [3.05, 3.63) is 24.0 Å². The topological polar surface area (TPSA) is 64.8 Å². The number of rotatable bonds is 2. The molecule has 0 radical (unpaired) electrons. The zero-order chi connectivity index (χ0) is 16.3. The van der Waals surface area contributed by atoms with E-state index in [1.807, 2.05) is 20.8 Å². The molecule has 1 aliphatic heterocycles. The average molecular weight is 310 g/mol. The number of benzene rings is 1. The number of carbonyl (C=O) groups is 1. The Hall–Kier alpha value is -1.98.